The van der Waals surface area contributed by atoms with Crippen molar-refractivity contribution in [2.45, 2.75) is 32.7 Å². The van der Waals surface area contributed by atoms with Gasteiger partial charge in [-0.1, -0.05) is 30.2 Å². The van der Waals surface area contributed by atoms with Crippen molar-refractivity contribution in [3.8, 4) is 11.8 Å². The molecule has 1 aliphatic rings. The highest BCUT2D eigenvalue weighted by molar-refractivity contribution is 5.94. The first-order valence-electron chi connectivity index (χ1n) is 8.81. The highest BCUT2D eigenvalue weighted by atomic mass is 16.2. The van der Waals surface area contributed by atoms with Gasteiger partial charge in [-0.15, -0.1) is 0 Å². The fourth-order valence-corrected chi connectivity index (χ4v) is 3.07. The molecule has 0 aliphatic carbocycles. The topological polar surface area (TPSA) is 32.3 Å². The number of carbonyl (C=O) groups is 1. The maximum absolute atomic E-state index is 12.4. The second-order valence-corrected chi connectivity index (χ2v) is 6.65. The Morgan fingerprint density at radius 3 is 2.68 bits per heavy atom. The highest BCUT2D eigenvalue weighted by Crippen LogP contribution is 2.19. The predicted octanol–water partition coefficient (Wildman–Crippen LogP) is 3.76. The summed E-state index contributed by atoms with van der Waals surface area (Å²) in [6, 6.07) is 16.3. The molecule has 3 heteroatoms. The van der Waals surface area contributed by atoms with Gasteiger partial charge in [-0.3, -0.25) is 4.79 Å². The Morgan fingerprint density at radius 2 is 1.92 bits per heavy atom. The first-order chi connectivity index (χ1) is 12.1. The van der Waals surface area contributed by atoms with E-state index in [-0.39, 0.29) is 11.9 Å². The molecule has 2 aromatic carbocycles. The molecular weight excluding hydrogens is 308 g/mol. The van der Waals surface area contributed by atoms with Gasteiger partial charge in [0, 0.05) is 36.3 Å². The fourth-order valence-electron chi connectivity index (χ4n) is 3.07. The van der Waals surface area contributed by atoms with Crippen molar-refractivity contribution < 1.29 is 4.79 Å². The average Bonchev–Trinajstić information content (AvgIpc) is 2.64. The lowest BCUT2D eigenvalue weighted by Crippen LogP contribution is -2.44. The van der Waals surface area contributed by atoms with Crippen LogP contribution in [0, 0.1) is 25.7 Å². The Kier molecular flexibility index (Phi) is 5.40. The largest absolute Gasteiger partial charge is 0.381 e. The molecule has 1 fully saturated rings. The number of hydrogen-bond donors (Lipinski definition) is 1. The van der Waals surface area contributed by atoms with Crippen LogP contribution >= 0.6 is 0 Å². The van der Waals surface area contributed by atoms with Crippen LogP contribution in [0.5, 0.6) is 0 Å². The van der Waals surface area contributed by atoms with Crippen LogP contribution in [-0.2, 0) is 4.79 Å². The van der Waals surface area contributed by atoms with E-state index in [9.17, 15) is 4.79 Å². The number of aryl methyl sites for hydroxylation is 2. The molecular formula is C22H24N2O. The van der Waals surface area contributed by atoms with Crippen molar-refractivity contribution >= 4 is 11.6 Å². The van der Waals surface area contributed by atoms with Gasteiger partial charge in [0.25, 0.3) is 5.91 Å². The molecule has 1 heterocycles. The summed E-state index contributed by atoms with van der Waals surface area (Å²) in [5.41, 5.74) is 4.57. The summed E-state index contributed by atoms with van der Waals surface area (Å²) in [4.78, 5) is 14.3. The second-order valence-electron chi connectivity index (χ2n) is 6.65. The van der Waals surface area contributed by atoms with E-state index in [1.54, 1.807) is 0 Å². The summed E-state index contributed by atoms with van der Waals surface area (Å²) in [6.07, 6.45) is 2.07. The van der Waals surface area contributed by atoms with Gasteiger partial charge in [0.05, 0.1) is 0 Å². The maximum Gasteiger partial charge on any atom is 0.298 e. The van der Waals surface area contributed by atoms with Gasteiger partial charge in [-0.2, -0.15) is 0 Å². The summed E-state index contributed by atoms with van der Waals surface area (Å²) in [7, 11) is 0. The lowest BCUT2D eigenvalue weighted by molar-refractivity contribution is -0.126. The normalized spacial score (nSPS) is 16.7. The van der Waals surface area contributed by atoms with E-state index >= 15 is 0 Å². The number of hydrogen-bond acceptors (Lipinski definition) is 2. The molecule has 0 aromatic heterocycles. The number of carbonyl (C=O) groups excluding carboxylic acids is 1. The van der Waals surface area contributed by atoms with Gasteiger partial charge in [-0.25, -0.2) is 0 Å². The SMILES string of the molecule is Cc1ccc(N[C@H]2CCCN(C(=O)C#Cc3ccccc3)C2)cc1C. The van der Waals surface area contributed by atoms with E-state index < -0.39 is 0 Å². The summed E-state index contributed by atoms with van der Waals surface area (Å²) in [6.45, 7) is 5.73. The Bertz CT molecular complexity index is 802. The monoisotopic (exact) mass is 332 g/mol. The third kappa shape index (κ3) is 4.64. The van der Waals surface area contributed by atoms with Crippen molar-refractivity contribution in [3.63, 3.8) is 0 Å². The molecule has 0 spiro atoms. The Morgan fingerprint density at radius 1 is 1.12 bits per heavy atom. The molecule has 1 saturated heterocycles. The standard InChI is InChI=1S/C22H24N2O/c1-17-10-12-20(15-18(17)2)23-21-9-6-14-24(16-21)22(25)13-11-19-7-4-3-5-8-19/h3-5,7-8,10,12,15,21,23H,6,9,14,16H2,1-2H3/t21-/m0/s1. The average molecular weight is 332 g/mol. The molecule has 3 rings (SSSR count). The minimum Gasteiger partial charge on any atom is -0.381 e. The number of rotatable bonds is 2. The molecule has 128 valence electrons. The number of benzene rings is 2. The molecule has 1 atom stereocenters. The van der Waals surface area contributed by atoms with Crippen molar-refractivity contribution in [2.75, 3.05) is 18.4 Å². The van der Waals surface area contributed by atoms with E-state index in [0.717, 1.165) is 30.6 Å². The highest BCUT2D eigenvalue weighted by Gasteiger charge is 2.22. The fraction of sp³-hybridized carbons (Fsp3) is 0.318. The van der Waals surface area contributed by atoms with Gasteiger partial charge in [0.1, 0.15) is 0 Å². The quantitative estimate of drug-likeness (QED) is 0.849. The molecule has 25 heavy (non-hydrogen) atoms. The van der Waals surface area contributed by atoms with E-state index in [1.807, 2.05) is 35.2 Å². The minimum atomic E-state index is -0.0876. The molecule has 1 amide bonds. The summed E-state index contributed by atoms with van der Waals surface area (Å²) in [5.74, 6) is 5.65. The lowest BCUT2D eigenvalue weighted by Gasteiger charge is -2.32. The zero-order valence-electron chi connectivity index (χ0n) is 14.9. The number of nitrogens with zero attached hydrogens (tertiary/aromatic N) is 1. The first-order valence-corrected chi connectivity index (χ1v) is 8.81. The molecule has 1 aliphatic heterocycles. The predicted molar refractivity (Wildman–Crippen MR) is 102 cm³/mol. The molecule has 0 saturated carbocycles. The van der Waals surface area contributed by atoms with Crippen LogP contribution < -0.4 is 5.32 Å². The van der Waals surface area contributed by atoms with Crippen LogP contribution in [0.15, 0.2) is 48.5 Å². The summed E-state index contributed by atoms with van der Waals surface area (Å²) < 4.78 is 0. The van der Waals surface area contributed by atoms with Crippen molar-refractivity contribution in [1.82, 2.24) is 4.90 Å². The van der Waals surface area contributed by atoms with Crippen LogP contribution in [0.1, 0.15) is 29.5 Å². The third-order valence-electron chi connectivity index (χ3n) is 4.67. The van der Waals surface area contributed by atoms with Gasteiger partial charge in [0.15, 0.2) is 0 Å². The zero-order valence-corrected chi connectivity index (χ0v) is 14.9. The summed E-state index contributed by atoms with van der Waals surface area (Å²) >= 11 is 0. The number of nitrogens with one attached hydrogen (secondary N) is 1. The lowest BCUT2D eigenvalue weighted by atomic mass is 10.0. The zero-order chi connectivity index (χ0) is 17.6. The van der Waals surface area contributed by atoms with Crippen molar-refractivity contribution in [1.29, 1.82) is 0 Å². The van der Waals surface area contributed by atoms with Crippen LogP contribution in [0.3, 0.4) is 0 Å². The molecule has 2 aromatic rings. The second kappa shape index (κ2) is 7.90. The third-order valence-corrected chi connectivity index (χ3v) is 4.67. The smallest absolute Gasteiger partial charge is 0.298 e. The summed E-state index contributed by atoms with van der Waals surface area (Å²) in [5, 5.41) is 3.57. The van der Waals surface area contributed by atoms with Gasteiger partial charge >= 0.3 is 0 Å². The van der Waals surface area contributed by atoms with Gasteiger partial charge < -0.3 is 10.2 Å². The van der Waals surface area contributed by atoms with Gasteiger partial charge in [-0.05, 0) is 62.1 Å². The maximum atomic E-state index is 12.4. The number of amides is 1. The van der Waals surface area contributed by atoms with E-state index in [2.05, 4.69) is 49.2 Å². The minimum absolute atomic E-state index is 0.0876. The Labute approximate surface area is 150 Å². The number of likely N-dealkylation sites (tertiary alicyclic amines) is 1. The molecule has 3 nitrogen and oxygen atoms in total. The van der Waals surface area contributed by atoms with Crippen LogP contribution in [0.4, 0.5) is 5.69 Å². The number of anilines is 1. The first kappa shape index (κ1) is 17.1. The molecule has 0 bridgehead atoms. The number of piperidine rings is 1. The van der Waals surface area contributed by atoms with Crippen LogP contribution in [0.25, 0.3) is 0 Å². The molecule has 0 radical (unpaired) electrons. The Balaban J connectivity index is 1.61. The van der Waals surface area contributed by atoms with Crippen LogP contribution in [-0.4, -0.2) is 29.9 Å². The van der Waals surface area contributed by atoms with Crippen molar-refractivity contribution in [2.24, 2.45) is 0 Å². The van der Waals surface area contributed by atoms with Crippen LogP contribution in [0.2, 0.25) is 0 Å². The van der Waals surface area contributed by atoms with E-state index in [4.69, 9.17) is 0 Å². The van der Waals surface area contributed by atoms with E-state index in [0.29, 0.717) is 6.54 Å². The molecule has 0 unspecified atom stereocenters. The van der Waals surface area contributed by atoms with Gasteiger partial charge in [0.2, 0.25) is 0 Å². The van der Waals surface area contributed by atoms with E-state index in [1.165, 1.54) is 11.1 Å². The van der Waals surface area contributed by atoms with Crippen molar-refractivity contribution in [3.05, 3.63) is 65.2 Å². The molecule has 1 N–H and O–H groups in total. The Hall–Kier alpha value is -2.73.